The number of rotatable bonds is 3. The maximum atomic E-state index is 12.5. The fraction of sp³-hybridized carbons (Fsp3) is 0.375. The van der Waals surface area contributed by atoms with Crippen LogP contribution in [-0.2, 0) is 13.2 Å². The Balaban J connectivity index is 3.33. The van der Waals surface area contributed by atoms with E-state index in [-0.39, 0.29) is 18.7 Å². The number of hydrogen-bond acceptors (Lipinski definition) is 3. The molecule has 0 aromatic carbocycles. The van der Waals surface area contributed by atoms with Crippen molar-refractivity contribution >= 4 is 22.6 Å². The summed E-state index contributed by atoms with van der Waals surface area (Å²) in [5.41, 5.74) is 5.85. The van der Waals surface area contributed by atoms with Gasteiger partial charge in [-0.2, -0.15) is 0 Å². The van der Waals surface area contributed by atoms with Gasteiger partial charge in [0.25, 0.3) is 6.43 Å². The van der Waals surface area contributed by atoms with Gasteiger partial charge in [-0.15, -0.1) is 0 Å². The molecule has 0 amide bonds. The molecule has 0 bridgehead atoms. The van der Waals surface area contributed by atoms with Crippen LogP contribution in [0.15, 0.2) is 6.20 Å². The van der Waals surface area contributed by atoms with Crippen molar-refractivity contribution < 1.29 is 13.9 Å². The lowest BCUT2D eigenvalue weighted by molar-refractivity contribution is 0.149. The van der Waals surface area contributed by atoms with Crippen LogP contribution in [0.4, 0.5) is 8.78 Å². The number of aliphatic hydroxyl groups is 1. The van der Waals surface area contributed by atoms with Crippen molar-refractivity contribution in [3.63, 3.8) is 0 Å². The van der Waals surface area contributed by atoms with Gasteiger partial charge in [0.15, 0.2) is 0 Å². The molecule has 0 unspecified atom stereocenters. The molecule has 0 saturated carbocycles. The molecule has 0 radical (unpaired) electrons. The highest BCUT2D eigenvalue weighted by Gasteiger charge is 2.17. The van der Waals surface area contributed by atoms with Gasteiger partial charge in [-0.25, -0.2) is 13.8 Å². The van der Waals surface area contributed by atoms with Gasteiger partial charge >= 0.3 is 0 Å². The first-order valence-electron chi connectivity index (χ1n) is 3.87. The molecule has 0 aliphatic carbocycles. The fourth-order valence-electron chi connectivity index (χ4n) is 1.17. The van der Waals surface area contributed by atoms with E-state index in [1.807, 2.05) is 22.6 Å². The van der Waals surface area contributed by atoms with E-state index in [2.05, 4.69) is 4.98 Å². The van der Waals surface area contributed by atoms with Gasteiger partial charge in [0.05, 0.1) is 6.61 Å². The lowest BCUT2D eigenvalue weighted by Crippen LogP contribution is -2.09. The first-order chi connectivity index (χ1) is 6.61. The predicted octanol–water partition coefficient (Wildman–Crippen LogP) is 1.57. The van der Waals surface area contributed by atoms with Gasteiger partial charge in [-0.1, -0.05) is 0 Å². The lowest BCUT2D eigenvalue weighted by atomic mass is 10.1. The van der Waals surface area contributed by atoms with E-state index in [0.29, 0.717) is 14.8 Å². The van der Waals surface area contributed by atoms with Gasteiger partial charge < -0.3 is 10.8 Å². The van der Waals surface area contributed by atoms with E-state index in [9.17, 15) is 8.78 Å². The van der Waals surface area contributed by atoms with Crippen molar-refractivity contribution in [1.29, 1.82) is 0 Å². The third-order valence-electron chi connectivity index (χ3n) is 1.88. The number of aliphatic hydroxyl groups excluding tert-OH is 1. The summed E-state index contributed by atoms with van der Waals surface area (Å²) in [6.07, 6.45) is -1.50. The van der Waals surface area contributed by atoms with Crippen molar-refractivity contribution in [2.75, 3.05) is 0 Å². The quantitative estimate of drug-likeness (QED) is 0.658. The van der Waals surface area contributed by atoms with Gasteiger partial charge in [0.1, 0.15) is 3.70 Å². The molecule has 0 atom stereocenters. The number of nitrogens with zero attached hydrogens (tertiary/aromatic N) is 1. The summed E-state index contributed by atoms with van der Waals surface area (Å²) in [7, 11) is 0. The second-order valence-electron chi connectivity index (χ2n) is 2.62. The Kier molecular flexibility index (Phi) is 4.14. The molecule has 0 fully saturated rings. The summed E-state index contributed by atoms with van der Waals surface area (Å²) in [6.45, 7) is -0.341. The smallest absolute Gasteiger partial charge is 0.265 e. The monoisotopic (exact) mass is 314 g/mol. The van der Waals surface area contributed by atoms with Crippen molar-refractivity contribution in [1.82, 2.24) is 4.98 Å². The van der Waals surface area contributed by atoms with Crippen LogP contribution in [0.2, 0.25) is 0 Å². The minimum absolute atomic E-state index is 0.0198. The van der Waals surface area contributed by atoms with Crippen LogP contribution in [0.5, 0.6) is 0 Å². The highest BCUT2D eigenvalue weighted by atomic mass is 127. The Labute approximate surface area is 93.5 Å². The average Bonchev–Trinajstić information content (AvgIpc) is 2.16. The first-order valence-corrected chi connectivity index (χ1v) is 4.94. The number of aromatic nitrogens is 1. The molecule has 3 nitrogen and oxygen atoms in total. The zero-order valence-electron chi connectivity index (χ0n) is 7.17. The molecule has 78 valence electrons. The predicted molar refractivity (Wildman–Crippen MR) is 55.7 cm³/mol. The Bertz CT molecular complexity index is 333. The van der Waals surface area contributed by atoms with Gasteiger partial charge in [0.2, 0.25) is 0 Å². The van der Waals surface area contributed by atoms with Crippen LogP contribution in [0.25, 0.3) is 0 Å². The van der Waals surface area contributed by atoms with Crippen LogP contribution in [0.3, 0.4) is 0 Å². The summed E-state index contributed by atoms with van der Waals surface area (Å²) in [6, 6.07) is 0. The van der Waals surface area contributed by atoms with Crippen LogP contribution in [-0.4, -0.2) is 10.1 Å². The van der Waals surface area contributed by atoms with Crippen molar-refractivity contribution in [2.45, 2.75) is 19.6 Å². The van der Waals surface area contributed by atoms with Crippen molar-refractivity contribution in [2.24, 2.45) is 5.73 Å². The average molecular weight is 314 g/mol. The summed E-state index contributed by atoms with van der Waals surface area (Å²) in [4.78, 5) is 3.77. The number of hydrogen-bond donors (Lipinski definition) is 2. The van der Waals surface area contributed by atoms with Crippen LogP contribution in [0, 0.1) is 3.70 Å². The fourth-order valence-corrected chi connectivity index (χ4v) is 1.81. The van der Waals surface area contributed by atoms with E-state index in [1.54, 1.807) is 0 Å². The standard InChI is InChI=1S/C8H9F2IN2O/c9-7(10)5-2-13-8(11)6(3-14)4(5)1-12/h2,7,14H,1,3,12H2. The van der Waals surface area contributed by atoms with Crippen LogP contribution >= 0.6 is 22.6 Å². The van der Waals surface area contributed by atoms with E-state index in [0.717, 1.165) is 6.20 Å². The summed E-state index contributed by atoms with van der Waals surface area (Å²) in [5.74, 6) is 0. The summed E-state index contributed by atoms with van der Waals surface area (Å²) < 4.78 is 25.5. The normalized spacial score (nSPS) is 11.0. The number of alkyl halides is 2. The molecule has 1 heterocycles. The summed E-state index contributed by atoms with van der Waals surface area (Å²) in [5, 5.41) is 8.99. The van der Waals surface area contributed by atoms with Gasteiger partial charge in [0, 0.05) is 23.9 Å². The molecule has 0 spiro atoms. The number of nitrogens with two attached hydrogens (primary N) is 1. The molecule has 14 heavy (non-hydrogen) atoms. The molecular formula is C8H9F2IN2O. The maximum absolute atomic E-state index is 12.5. The topological polar surface area (TPSA) is 59.1 Å². The first kappa shape index (κ1) is 11.7. The lowest BCUT2D eigenvalue weighted by Gasteiger charge is -2.11. The Morgan fingerprint density at radius 1 is 1.50 bits per heavy atom. The molecule has 0 aliphatic rings. The van der Waals surface area contributed by atoms with E-state index >= 15 is 0 Å². The minimum Gasteiger partial charge on any atom is -0.392 e. The number of pyridine rings is 1. The molecule has 0 saturated heterocycles. The van der Waals surface area contributed by atoms with E-state index in [1.165, 1.54) is 0 Å². The third-order valence-corrected chi connectivity index (χ3v) is 2.81. The highest BCUT2D eigenvalue weighted by Crippen LogP contribution is 2.26. The number of halogens is 3. The van der Waals surface area contributed by atoms with Gasteiger partial charge in [-0.3, -0.25) is 0 Å². The Morgan fingerprint density at radius 2 is 2.14 bits per heavy atom. The van der Waals surface area contributed by atoms with Crippen molar-refractivity contribution in [3.05, 3.63) is 26.6 Å². The Morgan fingerprint density at radius 3 is 2.57 bits per heavy atom. The zero-order chi connectivity index (χ0) is 10.7. The maximum Gasteiger partial charge on any atom is 0.265 e. The SMILES string of the molecule is NCc1c(C(F)F)cnc(I)c1CO. The van der Waals surface area contributed by atoms with Crippen molar-refractivity contribution in [3.8, 4) is 0 Å². The molecule has 0 aliphatic heterocycles. The van der Waals surface area contributed by atoms with Crippen LogP contribution < -0.4 is 5.73 Å². The molecule has 3 N–H and O–H groups in total. The summed E-state index contributed by atoms with van der Waals surface area (Å²) >= 11 is 1.88. The third kappa shape index (κ3) is 2.18. The highest BCUT2D eigenvalue weighted by molar-refractivity contribution is 14.1. The Hall–Kier alpha value is -0.340. The molecule has 1 aromatic rings. The van der Waals surface area contributed by atoms with Gasteiger partial charge in [-0.05, 0) is 28.2 Å². The second kappa shape index (κ2) is 4.94. The molecule has 6 heteroatoms. The molecular weight excluding hydrogens is 305 g/mol. The van der Waals surface area contributed by atoms with E-state index < -0.39 is 6.43 Å². The second-order valence-corrected chi connectivity index (χ2v) is 3.65. The zero-order valence-corrected chi connectivity index (χ0v) is 9.33. The van der Waals surface area contributed by atoms with E-state index in [4.69, 9.17) is 10.8 Å². The largest absolute Gasteiger partial charge is 0.392 e. The minimum atomic E-state index is -2.61. The molecule has 1 rings (SSSR count). The molecule has 1 aromatic heterocycles. The van der Waals surface area contributed by atoms with Crippen LogP contribution in [0.1, 0.15) is 23.1 Å².